The van der Waals surface area contributed by atoms with Gasteiger partial charge in [0, 0.05) is 11.8 Å². The highest BCUT2D eigenvalue weighted by Crippen LogP contribution is 2.31. The fourth-order valence-corrected chi connectivity index (χ4v) is 4.93. The quantitative estimate of drug-likeness (QED) is 0.853. The minimum absolute atomic E-state index is 0.421. The SMILES string of the molecule is CC(C)(C)CC1CN=C(NCC2CCSC2)S1. The van der Waals surface area contributed by atoms with E-state index in [1.165, 1.54) is 29.5 Å². The first-order chi connectivity index (χ1) is 8.03. The van der Waals surface area contributed by atoms with Crippen molar-refractivity contribution in [2.45, 2.75) is 38.9 Å². The standard InChI is InChI=1S/C13H24N2S2/c1-13(2,3)6-11-8-15-12(17-11)14-7-10-4-5-16-9-10/h10-11H,4-9H2,1-3H3,(H,14,15). The molecule has 2 aliphatic rings. The van der Waals surface area contributed by atoms with E-state index in [-0.39, 0.29) is 0 Å². The molecule has 0 aromatic carbocycles. The zero-order chi connectivity index (χ0) is 12.3. The summed E-state index contributed by atoms with van der Waals surface area (Å²) in [6.07, 6.45) is 2.63. The van der Waals surface area contributed by atoms with Crippen molar-refractivity contribution < 1.29 is 0 Å². The van der Waals surface area contributed by atoms with Crippen LogP contribution in [0.4, 0.5) is 0 Å². The molecule has 1 fully saturated rings. The maximum Gasteiger partial charge on any atom is 0.156 e. The van der Waals surface area contributed by atoms with Gasteiger partial charge in [-0.2, -0.15) is 11.8 Å². The highest BCUT2D eigenvalue weighted by Gasteiger charge is 2.25. The van der Waals surface area contributed by atoms with Gasteiger partial charge in [-0.15, -0.1) is 0 Å². The molecular formula is C13H24N2S2. The minimum atomic E-state index is 0.421. The number of nitrogens with zero attached hydrogens (tertiary/aromatic N) is 1. The van der Waals surface area contributed by atoms with Crippen LogP contribution in [0.15, 0.2) is 4.99 Å². The van der Waals surface area contributed by atoms with Crippen LogP contribution in [-0.4, -0.2) is 35.0 Å². The molecule has 1 saturated heterocycles. The fourth-order valence-electron chi connectivity index (χ4n) is 2.28. The van der Waals surface area contributed by atoms with Crippen LogP contribution in [0.2, 0.25) is 0 Å². The van der Waals surface area contributed by atoms with Gasteiger partial charge in [-0.1, -0.05) is 32.5 Å². The summed E-state index contributed by atoms with van der Waals surface area (Å²) in [6, 6.07) is 0. The Kier molecular flexibility index (Phi) is 4.70. The van der Waals surface area contributed by atoms with Gasteiger partial charge < -0.3 is 5.32 Å². The van der Waals surface area contributed by atoms with E-state index in [0.29, 0.717) is 10.7 Å². The van der Waals surface area contributed by atoms with Crippen molar-refractivity contribution in [3.8, 4) is 0 Å². The summed E-state index contributed by atoms with van der Waals surface area (Å²) in [5.41, 5.74) is 0.421. The average molecular weight is 272 g/mol. The van der Waals surface area contributed by atoms with Crippen LogP contribution in [0.1, 0.15) is 33.6 Å². The van der Waals surface area contributed by atoms with E-state index in [9.17, 15) is 0 Å². The first-order valence-electron chi connectivity index (χ1n) is 6.56. The molecule has 0 saturated carbocycles. The molecule has 0 spiro atoms. The van der Waals surface area contributed by atoms with Crippen LogP contribution >= 0.6 is 23.5 Å². The van der Waals surface area contributed by atoms with Gasteiger partial charge in [-0.25, -0.2) is 0 Å². The summed E-state index contributed by atoms with van der Waals surface area (Å²) < 4.78 is 0. The third kappa shape index (κ3) is 4.74. The lowest BCUT2D eigenvalue weighted by Crippen LogP contribution is -2.26. The normalized spacial score (nSPS) is 29.5. The highest BCUT2D eigenvalue weighted by atomic mass is 32.2. The lowest BCUT2D eigenvalue weighted by atomic mass is 9.90. The summed E-state index contributed by atoms with van der Waals surface area (Å²) in [6.45, 7) is 9.07. The number of amidine groups is 1. The Morgan fingerprint density at radius 1 is 1.41 bits per heavy atom. The molecule has 98 valence electrons. The summed E-state index contributed by atoms with van der Waals surface area (Å²) in [5, 5.41) is 5.42. The molecule has 2 rings (SSSR count). The molecule has 0 amide bonds. The van der Waals surface area contributed by atoms with Crippen molar-refractivity contribution in [2.75, 3.05) is 24.6 Å². The molecule has 0 radical (unpaired) electrons. The largest absolute Gasteiger partial charge is 0.365 e. The second-order valence-corrected chi connectivity index (χ2v) is 8.70. The van der Waals surface area contributed by atoms with E-state index in [1.54, 1.807) is 0 Å². The Balaban J connectivity index is 1.66. The van der Waals surface area contributed by atoms with Crippen molar-refractivity contribution in [1.82, 2.24) is 5.32 Å². The average Bonchev–Trinajstić information content (AvgIpc) is 2.82. The number of nitrogens with one attached hydrogen (secondary N) is 1. The van der Waals surface area contributed by atoms with Gasteiger partial charge in [-0.05, 0) is 35.7 Å². The molecule has 2 atom stereocenters. The van der Waals surface area contributed by atoms with E-state index in [1.807, 2.05) is 11.8 Å². The molecule has 1 N–H and O–H groups in total. The molecule has 0 aromatic rings. The van der Waals surface area contributed by atoms with Crippen LogP contribution in [0, 0.1) is 11.3 Å². The summed E-state index contributed by atoms with van der Waals surface area (Å²) >= 11 is 4.04. The van der Waals surface area contributed by atoms with Gasteiger partial charge >= 0.3 is 0 Å². The molecule has 2 aliphatic heterocycles. The smallest absolute Gasteiger partial charge is 0.156 e. The Hall–Kier alpha value is 0.170. The van der Waals surface area contributed by atoms with Crippen LogP contribution in [0.3, 0.4) is 0 Å². The third-order valence-electron chi connectivity index (χ3n) is 3.12. The van der Waals surface area contributed by atoms with E-state index in [0.717, 1.165) is 19.0 Å². The Morgan fingerprint density at radius 2 is 2.24 bits per heavy atom. The lowest BCUT2D eigenvalue weighted by molar-refractivity contribution is 0.375. The predicted molar refractivity (Wildman–Crippen MR) is 81.2 cm³/mol. The van der Waals surface area contributed by atoms with Crippen LogP contribution in [0.25, 0.3) is 0 Å². The number of hydrogen-bond donors (Lipinski definition) is 1. The predicted octanol–water partition coefficient (Wildman–Crippen LogP) is 3.24. The Labute approximate surface area is 114 Å². The minimum Gasteiger partial charge on any atom is -0.365 e. The maximum absolute atomic E-state index is 4.62. The fraction of sp³-hybridized carbons (Fsp3) is 0.923. The summed E-state index contributed by atoms with van der Waals surface area (Å²) in [7, 11) is 0. The number of aliphatic imine (C=N–C) groups is 1. The van der Waals surface area contributed by atoms with Crippen LogP contribution < -0.4 is 5.32 Å². The van der Waals surface area contributed by atoms with Crippen LogP contribution in [0.5, 0.6) is 0 Å². The van der Waals surface area contributed by atoms with Crippen molar-refractivity contribution in [3.05, 3.63) is 0 Å². The highest BCUT2D eigenvalue weighted by molar-refractivity contribution is 8.14. The van der Waals surface area contributed by atoms with Gasteiger partial charge in [0.05, 0.1) is 6.54 Å². The molecular weight excluding hydrogens is 248 g/mol. The van der Waals surface area contributed by atoms with Crippen molar-refractivity contribution in [3.63, 3.8) is 0 Å². The van der Waals surface area contributed by atoms with E-state index in [2.05, 4.69) is 42.8 Å². The van der Waals surface area contributed by atoms with Gasteiger partial charge in [0.25, 0.3) is 0 Å². The monoisotopic (exact) mass is 272 g/mol. The van der Waals surface area contributed by atoms with Crippen molar-refractivity contribution in [2.24, 2.45) is 16.3 Å². The second kappa shape index (κ2) is 5.87. The number of thioether (sulfide) groups is 2. The van der Waals surface area contributed by atoms with Gasteiger partial charge in [-0.3, -0.25) is 4.99 Å². The third-order valence-corrected chi connectivity index (χ3v) is 5.50. The number of rotatable bonds is 3. The maximum atomic E-state index is 4.62. The summed E-state index contributed by atoms with van der Waals surface area (Å²) in [5.74, 6) is 3.54. The van der Waals surface area contributed by atoms with Gasteiger partial charge in [0.2, 0.25) is 0 Å². The van der Waals surface area contributed by atoms with Gasteiger partial charge in [0.15, 0.2) is 5.17 Å². The van der Waals surface area contributed by atoms with E-state index in [4.69, 9.17) is 0 Å². The van der Waals surface area contributed by atoms with Crippen LogP contribution in [-0.2, 0) is 0 Å². The first-order valence-corrected chi connectivity index (χ1v) is 8.59. The first kappa shape index (κ1) is 13.6. The second-order valence-electron chi connectivity index (χ2n) is 6.26. The van der Waals surface area contributed by atoms with Gasteiger partial charge in [0.1, 0.15) is 0 Å². The number of hydrogen-bond acceptors (Lipinski definition) is 4. The Bertz CT molecular complexity index is 278. The van der Waals surface area contributed by atoms with E-state index >= 15 is 0 Å². The molecule has 2 unspecified atom stereocenters. The molecule has 2 heterocycles. The molecule has 0 aromatic heterocycles. The lowest BCUT2D eigenvalue weighted by Gasteiger charge is -2.21. The topological polar surface area (TPSA) is 24.4 Å². The zero-order valence-corrected chi connectivity index (χ0v) is 12.8. The van der Waals surface area contributed by atoms with Crippen molar-refractivity contribution >= 4 is 28.7 Å². The molecule has 2 nitrogen and oxygen atoms in total. The molecule has 4 heteroatoms. The molecule has 0 aliphatic carbocycles. The van der Waals surface area contributed by atoms with Crippen molar-refractivity contribution in [1.29, 1.82) is 0 Å². The Morgan fingerprint density at radius 3 is 2.88 bits per heavy atom. The molecule has 17 heavy (non-hydrogen) atoms. The van der Waals surface area contributed by atoms with E-state index < -0.39 is 0 Å². The zero-order valence-electron chi connectivity index (χ0n) is 11.2. The molecule has 0 bridgehead atoms. The summed E-state index contributed by atoms with van der Waals surface area (Å²) in [4.78, 5) is 4.62.